The standard InChI is InChI=1S/C19H19ClN2.C4H6O6/c20-16-5-6-17-15(12-16)4-3-14-2-1-9-22-19(14)18(17)13-7-10-21-11-8-13;5-1(3(7)8)2(6)4(9)10/h1-2,5-6,9,12,21H,3-4,7-8,10-11H2;1-2,5-6H,(H,7,8)(H,9,10). The SMILES string of the molecule is Clc1ccc2c(c1)CCc1cccnc1C2=C1CCNCC1.O=C(O)C(O)C(O)C(=O)O. The first-order valence-electron chi connectivity index (χ1n) is 10.3. The van der Waals surface area contributed by atoms with Crippen LogP contribution in [0.25, 0.3) is 5.57 Å². The number of aromatic nitrogens is 1. The summed E-state index contributed by atoms with van der Waals surface area (Å²) in [6.07, 6.45) is 1.66. The van der Waals surface area contributed by atoms with E-state index in [4.69, 9.17) is 37.0 Å². The summed E-state index contributed by atoms with van der Waals surface area (Å²) in [5.74, 6) is -3.54. The predicted octanol–water partition coefficient (Wildman–Crippen LogP) is 1.90. The van der Waals surface area contributed by atoms with E-state index in [1.54, 1.807) is 0 Å². The highest BCUT2D eigenvalue weighted by Gasteiger charge is 2.29. The van der Waals surface area contributed by atoms with E-state index in [1.807, 2.05) is 18.3 Å². The van der Waals surface area contributed by atoms with Crippen molar-refractivity contribution in [3.8, 4) is 0 Å². The van der Waals surface area contributed by atoms with Crippen LogP contribution in [0.4, 0.5) is 0 Å². The van der Waals surface area contributed by atoms with Gasteiger partial charge in [-0.25, -0.2) is 9.59 Å². The van der Waals surface area contributed by atoms with Crippen LogP contribution in [0, 0.1) is 0 Å². The lowest BCUT2D eigenvalue weighted by molar-refractivity contribution is -0.165. The van der Waals surface area contributed by atoms with Crippen LogP contribution in [-0.2, 0) is 22.4 Å². The summed E-state index contributed by atoms with van der Waals surface area (Å²) in [7, 11) is 0. The Hall–Kier alpha value is -2.78. The molecule has 1 aliphatic carbocycles. The average Bonchev–Trinajstić information content (AvgIpc) is 2.95. The van der Waals surface area contributed by atoms with E-state index in [0.29, 0.717) is 0 Å². The second-order valence-electron chi connectivity index (χ2n) is 7.61. The van der Waals surface area contributed by atoms with Gasteiger partial charge in [0.25, 0.3) is 0 Å². The molecule has 1 fully saturated rings. The zero-order valence-corrected chi connectivity index (χ0v) is 18.0. The highest BCUT2D eigenvalue weighted by Crippen LogP contribution is 2.37. The molecule has 0 saturated carbocycles. The van der Waals surface area contributed by atoms with Crippen LogP contribution in [0.15, 0.2) is 42.1 Å². The van der Waals surface area contributed by atoms with Gasteiger partial charge < -0.3 is 25.7 Å². The van der Waals surface area contributed by atoms with Crippen molar-refractivity contribution >= 4 is 29.1 Å². The van der Waals surface area contributed by atoms with E-state index in [-0.39, 0.29) is 0 Å². The van der Waals surface area contributed by atoms with Crippen LogP contribution in [0.1, 0.15) is 35.2 Å². The van der Waals surface area contributed by atoms with Gasteiger partial charge in [0, 0.05) is 16.8 Å². The fourth-order valence-electron chi connectivity index (χ4n) is 3.88. The molecule has 32 heavy (non-hydrogen) atoms. The van der Waals surface area contributed by atoms with Crippen molar-refractivity contribution in [3.05, 3.63) is 69.5 Å². The number of rotatable bonds is 3. The molecule has 0 bridgehead atoms. The largest absolute Gasteiger partial charge is 0.479 e. The molecule has 1 aromatic heterocycles. The topological polar surface area (TPSA) is 140 Å². The number of piperidine rings is 1. The zero-order valence-electron chi connectivity index (χ0n) is 17.3. The van der Waals surface area contributed by atoms with Crippen LogP contribution < -0.4 is 5.32 Å². The van der Waals surface area contributed by atoms with Gasteiger partial charge in [0.1, 0.15) is 0 Å². The number of aliphatic hydroxyl groups excluding tert-OH is 2. The van der Waals surface area contributed by atoms with Crippen molar-refractivity contribution < 1.29 is 30.0 Å². The lowest BCUT2D eigenvalue weighted by Crippen LogP contribution is -2.39. The van der Waals surface area contributed by atoms with E-state index in [9.17, 15) is 9.59 Å². The number of nitrogens with one attached hydrogen (secondary N) is 1. The van der Waals surface area contributed by atoms with Gasteiger partial charge in [0.2, 0.25) is 0 Å². The highest BCUT2D eigenvalue weighted by atomic mass is 35.5. The van der Waals surface area contributed by atoms with Crippen LogP contribution >= 0.6 is 11.6 Å². The molecule has 1 saturated heterocycles. The molecule has 1 aromatic carbocycles. The maximum atomic E-state index is 9.77. The predicted molar refractivity (Wildman–Crippen MR) is 119 cm³/mol. The number of aryl methyl sites for hydroxylation is 2. The molecule has 1 aliphatic heterocycles. The van der Waals surface area contributed by atoms with Crippen LogP contribution in [-0.4, -0.2) is 62.6 Å². The maximum absolute atomic E-state index is 9.77. The summed E-state index contributed by atoms with van der Waals surface area (Å²) < 4.78 is 0. The Labute approximate surface area is 190 Å². The second kappa shape index (κ2) is 10.7. The summed E-state index contributed by atoms with van der Waals surface area (Å²) in [5, 5.41) is 36.8. The number of hydrogen-bond acceptors (Lipinski definition) is 6. The highest BCUT2D eigenvalue weighted by molar-refractivity contribution is 6.30. The molecule has 2 atom stereocenters. The molecule has 8 nitrogen and oxygen atoms in total. The van der Waals surface area contributed by atoms with Gasteiger partial charge in [-0.1, -0.05) is 29.3 Å². The summed E-state index contributed by atoms with van der Waals surface area (Å²) >= 11 is 6.23. The normalized spacial score (nSPS) is 17.1. The van der Waals surface area contributed by atoms with Gasteiger partial charge in [-0.05, 0) is 73.7 Å². The molecule has 170 valence electrons. The van der Waals surface area contributed by atoms with Crippen molar-refractivity contribution in [3.63, 3.8) is 0 Å². The van der Waals surface area contributed by atoms with Gasteiger partial charge in [0.05, 0.1) is 5.69 Å². The van der Waals surface area contributed by atoms with Gasteiger partial charge in [-0.3, -0.25) is 4.98 Å². The van der Waals surface area contributed by atoms with E-state index in [1.165, 1.54) is 33.5 Å². The second-order valence-corrected chi connectivity index (χ2v) is 8.04. The number of hydrogen-bond donors (Lipinski definition) is 5. The minimum Gasteiger partial charge on any atom is -0.479 e. The number of pyridine rings is 1. The number of carbonyl (C=O) groups is 2. The van der Waals surface area contributed by atoms with Crippen LogP contribution in [0.2, 0.25) is 5.02 Å². The first kappa shape index (κ1) is 23.9. The van der Waals surface area contributed by atoms with Crippen LogP contribution in [0.5, 0.6) is 0 Å². The first-order chi connectivity index (χ1) is 15.3. The first-order valence-corrected chi connectivity index (χ1v) is 10.6. The van der Waals surface area contributed by atoms with E-state index in [2.05, 4.69) is 23.5 Å². The molecule has 4 rings (SSSR count). The fraction of sp³-hybridized carbons (Fsp3) is 0.348. The number of benzene rings is 1. The van der Waals surface area contributed by atoms with Gasteiger partial charge >= 0.3 is 11.9 Å². The summed E-state index contributed by atoms with van der Waals surface area (Å²) in [5.41, 5.74) is 8.12. The third-order valence-corrected chi connectivity index (χ3v) is 5.73. The Morgan fingerprint density at radius 2 is 1.56 bits per heavy atom. The van der Waals surface area contributed by atoms with E-state index in [0.717, 1.165) is 43.8 Å². The molecule has 2 aromatic rings. The van der Waals surface area contributed by atoms with Gasteiger partial charge in [-0.15, -0.1) is 0 Å². The molecule has 0 amide bonds. The van der Waals surface area contributed by atoms with Crippen molar-refractivity contribution in [2.75, 3.05) is 13.1 Å². The molecule has 2 unspecified atom stereocenters. The molecule has 0 spiro atoms. The third kappa shape index (κ3) is 5.52. The Morgan fingerprint density at radius 1 is 0.938 bits per heavy atom. The average molecular weight is 461 g/mol. The quantitative estimate of drug-likeness (QED) is 0.468. The van der Waals surface area contributed by atoms with Crippen molar-refractivity contribution in [1.29, 1.82) is 0 Å². The van der Waals surface area contributed by atoms with E-state index < -0.39 is 24.1 Å². The zero-order chi connectivity index (χ0) is 23.3. The van der Waals surface area contributed by atoms with Gasteiger partial charge in [-0.2, -0.15) is 0 Å². The Bertz CT molecular complexity index is 1010. The molecular formula is C23H25ClN2O6. The molecule has 9 heteroatoms. The van der Waals surface area contributed by atoms with E-state index >= 15 is 0 Å². The number of halogens is 1. The van der Waals surface area contributed by atoms with Crippen LogP contribution in [0.3, 0.4) is 0 Å². The molecular weight excluding hydrogens is 436 g/mol. The molecule has 2 aliphatic rings. The van der Waals surface area contributed by atoms with Crippen molar-refractivity contribution in [1.82, 2.24) is 10.3 Å². The Morgan fingerprint density at radius 3 is 2.19 bits per heavy atom. The molecule has 5 N–H and O–H groups in total. The number of carboxylic acids is 2. The number of fused-ring (bicyclic) bond motifs is 2. The Kier molecular flexibility index (Phi) is 7.98. The number of aliphatic hydroxyl groups is 2. The summed E-state index contributed by atoms with van der Waals surface area (Å²) in [6, 6.07) is 10.6. The van der Waals surface area contributed by atoms with Crippen molar-refractivity contribution in [2.24, 2.45) is 0 Å². The monoisotopic (exact) mass is 460 g/mol. The number of aliphatic carboxylic acids is 2. The minimum atomic E-state index is -2.27. The minimum absolute atomic E-state index is 0.826. The number of carboxylic acid groups (broad SMARTS) is 2. The smallest absolute Gasteiger partial charge is 0.335 e. The summed E-state index contributed by atoms with van der Waals surface area (Å²) in [6.45, 7) is 2.12. The third-order valence-electron chi connectivity index (χ3n) is 5.49. The Balaban J connectivity index is 0.000000247. The summed E-state index contributed by atoms with van der Waals surface area (Å²) in [4.78, 5) is 24.3. The number of nitrogens with zero attached hydrogens (tertiary/aromatic N) is 1. The molecule has 0 radical (unpaired) electrons. The molecule has 2 heterocycles. The fourth-order valence-corrected chi connectivity index (χ4v) is 4.08. The van der Waals surface area contributed by atoms with Crippen molar-refractivity contribution in [2.45, 2.75) is 37.9 Å². The lowest BCUT2D eigenvalue weighted by atomic mass is 9.89. The van der Waals surface area contributed by atoms with Gasteiger partial charge in [0.15, 0.2) is 12.2 Å². The maximum Gasteiger partial charge on any atom is 0.335 e. The lowest BCUT2D eigenvalue weighted by Gasteiger charge is -2.21.